The predicted molar refractivity (Wildman–Crippen MR) is 70.6 cm³/mol. The van der Waals surface area contributed by atoms with Gasteiger partial charge in [-0.05, 0) is 38.9 Å². The van der Waals surface area contributed by atoms with Crippen LogP contribution in [0.2, 0.25) is 0 Å². The van der Waals surface area contributed by atoms with E-state index in [1.807, 2.05) is 0 Å². The number of rotatable bonds is 3. The zero-order valence-electron chi connectivity index (χ0n) is 10.8. The van der Waals surface area contributed by atoms with Crippen LogP contribution in [0, 0.1) is 6.92 Å². The molecule has 0 spiro atoms. The van der Waals surface area contributed by atoms with Gasteiger partial charge in [0.05, 0.1) is 7.11 Å². The van der Waals surface area contributed by atoms with Gasteiger partial charge in [-0.25, -0.2) is 0 Å². The molecule has 0 aliphatic carbocycles. The monoisotopic (exact) mass is 234 g/mol. The fourth-order valence-electron chi connectivity index (χ4n) is 2.73. The average Bonchev–Trinajstić information content (AvgIpc) is 2.39. The van der Waals surface area contributed by atoms with Crippen LogP contribution in [0.1, 0.15) is 24.0 Å². The molecule has 1 heterocycles. The Morgan fingerprint density at radius 1 is 1.35 bits per heavy atom. The number of piperidine rings is 1. The van der Waals surface area contributed by atoms with Gasteiger partial charge in [-0.3, -0.25) is 0 Å². The highest BCUT2D eigenvalue weighted by Gasteiger charge is 2.34. The lowest BCUT2D eigenvalue weighted by atomic mass is 9.72. The first kappa shape index (κ1) is 12.4. The van der Waals surface area contributed by atoms with E-state index in [1.54, 1.807) is 7.11 Å². The van der Waals surface area contributed by atoms with E-state index in [-0.39, 0.29) is 5.41 Å². The Bertz CT molecular complexity index is 384. The molecule has 1 aliphatic heterocycles. The summed E-state index contributed by atoms with van der Waals surface area (Å²) >= 11 is 0. The summed E-state index contributed by atoms with van der Waals surface area (Å²) < 4.78 is 5.50. The van der Waals surface area contributed by atoms with Gasteiger partial charge in [0.1, 0.15) is 5.75 Å². The van der Waals surface area contributed by atoms with Crippen molar-refractivity contribution in [1.29, 1.82) is 0 Å². The lowest BCUT2D eigenvalue weighted by molar-refractivity contribution is 0.300. The highest BCUT2D eigenvalue weighted by Crippen LogP contribution is 2.38. The van der Waals surface area contributed by atoms with Crippen LogP contribution in [0.4, 0.5) is 0 Å². The van der Waals surface area contributed by atoms with E-state index in [2.05, 4.69) is 30.4 Å². The van der Waals surface area contributed by atoms with Crippen molar-refractivity contribution in [2.45, 2.75) is 25.2 Å². The van der Waals surface area contributed by atoms with Crippen molar-refractivity contribution in [2.75, 3.05) is 26.7 Å². The smallest absolute Gasteiger partial charge is 0.122 e. The van der Waals surface area contributed by atoms with Gasteiger partial charge in [-0.2, -0.15) is 0 Å². The van der Waals surface area contributed by atoms with Gasteiger partial charge in [-0.15, -0.1) is 0 Å². The van der Waals surface area contributed by atoms with Gasteiger partial charge in [0.2, 0.25) is 0 Å². The summed E-state index contributed by atoms with van der Waals surface area (Å²) in [6.07, 6.45) is 2.17. The zero-order valence-corrected chi connectivity index (χ0v) is 10.8. The molecule has 1 aliphatic rings. The fraction of sp³-hybridized carbons (Fsp3) is 0.571. The van der Waals surface area contributed by atoms with Crippen LogP contribution in [0.25, 0.3) is 0 Å². The van der Waals surface area contributed by atoms with Crippen LogP contribution in [0.15, 0.2) is 18.2 Å². The first-order valence-electron chi connectivity index (χ1n) is 6.28. The van der Waals surface area contributed by atoms with Gasteiger partial charge >= 0.3 is 0 Å². The third-order valence-corrected chi connectivity index (χ3v) is 3.88. The number of benzene rings is 1. The van der Waals surface area contributed by atoms with Crippen LogP contribution in [-0.2, 0) is 5.41 Å². The quantitative estimate of drug-likeness (QED) is 0.835. The largest absolute Gasteiger partial charge is 0.496 e. The number of methoxy groups -OCH3 is 1. The molecule has 1 aromatic rings. The number of hydrogen-bond acceptors (Lipinski definition) is 3. The lowest BCUT2D eigenvalue weighted by Gasteiger charge is -2.38. The van der Waals surface area contributed by atoms with Gasteiger partial charge < -0.3 is 15.8 Å². The van der Waals surface area contributed by atoms with Crippen LogP contribution in [0.5, 0.6) is 5.75 Å². The van der Waals surface area contributed by atoms with Crippen molar-refractivity contribution in [3.8, 4) is 5.75 Å². The van der Waals surface area contributed by atoms with Crippen molar-refractivity contribution in [3.05, 3.63) is 29.3 Å². The van der Waals surface area contributed by atoms with E-state index in [4.69, 9.17) is 10.5 Å². The average molecular weight is 234 g/mol. The maximum atomic E-state index is 6.06. The molecule has 2 rings (SSSR count). The van der Waals surface area contributed by atoms with E-state index in [1.165, 1.54) is 11.1 Å². The van der Waals surface area contributed by atoms with E-state index in [9.17, 15) is 0 Å². The van der Waals surface area contributed by atoms with E-state index in [0.29, 0.717) is 6.54 Å². The van der Waals surface area contributed by atoms with Crippen molar-refractivity contribution >= 4 is 0 Å². The summed E-state index contributed by atoms with van der Waals surface area (Å²) in [6.45, 7) is 4.88. The number of nitrogens with one attached hydrogen (secondary N) is 1. The molecule has 0 atom stereocenters. The van der Waals surface area contributed by atoms with E-state index >= 15 is 0 Å². The maximum absolute atomic E-state index is 6.06. The second-order valence-electron chi connectivity index (χ2n) is 4.94. The Hall–Kier alpha value is -1.06. The van der Waals surface area contributed by atoms with Crippen LogP contribution >= 0.6 is 0 Å². The van der Waals surface area contributed by atoms with Crippen molar-refractivity contribution in [1.82, 2.24) is 5.32 Å². The third-order valence-electron chi connectivity index (χ3n) is 3.88. The molecule has 0 saturated carbocycles. The van der Waals surface area contributed by atoms with E-state index < -0.39 is 0 Å². The standard InChI is InChI=1S/C14H22N2O/c1-11-3-4-13(17-2)12(9-11)14(10-15)5-7-16-8-6-14/h3-4,9,16H,5-8,10,15H2,1-2H3. The Morgan fingerprint density at radius 3 is 2.65 bits per heavy atom. The minimum Gasteiger partial charge on any atom is -0.496 e. The molecular weight excluding hydrogens is 212 g/mol. The van der Waals surface area contributed by atoms with Crippen molar-refractivity contribution in [3.63, 3.8) is 0 Å². The van der Waals surface area contributed by atoms with Gasteiger partial charge in [-0.1, -0.05) is 17.7 Å². The summed E-state index contributed by atoms with van der Waals surface area (Å²) in [4.78, 5) is 0. The fourth-order valence-corrected chi connectivity index (χ4v) is 2.73. The highest BCUT2D eigenvalue weighted by atomic mass is 16.5. The number of aryl methyl sites for hydroxylation is 1. The Balaban J connectivity index is 2.44. The first-order chi connectivity index (χ1) is 8.22. The topological polar surface area (TPSA) is 47.3 Å². The molecule has 0 bridgehead atoms. The van der Waals surface area contributed by atoms with Crippen LogP contribution in [0.3, 0.4) is 0 Å². The predicted octanol–water partition coefficient (Wildman–Crippen LogP) is 1.58. The summed E-state index contributed by atoms with van der Waals surface area (Å²) in [5.41, 5.74) is 8.70. The summed E-state index contributed by atoms with van der Waals surface area (Å²) in [6, 6.07) is 6.38. The molecule has 0 aromatic heterocycles. The minimum absolute atomic E-state index is 0.0859. The van der Waals surface area contributed by atoms with Gasteiger partial charge in [0.15, 0.2) is 0 Å². The third kappa shape index (κ3) is 2.31. The maximum Gasteiger partial charge on any atom is 0.122 e. The zero-order chi connectivity index (χ0) is 12.3. The Morgan fingerprint density at radius 2 is 2.06 bits per heavy atom. The summed E-state index contributed by atoms with van der Waals surface area (Å²) in [5, 5.41) is 3.40. The van der Waals surface area contributed by atoms with Crippen molar-refractivity contribution in [2.24, 2.45) is 5.73 Å². The molecule has 0 unspecified atom stereocenters. The van der Waals surface area contributed by atoms with Crippen molar-refractivity contribution < 1.29 is 4.74 Å². The molecule has 1 fully saturated rings. The van der Waals surface area contributed by atoms with Gasteiger partial charge in [0, 0.05) is 17.5 Å². The molecular formula is C14H22N2O. The molecule has 1 saturated heterocycles. The van der Waals surface area contributed by atoms with E-state index in [0.717, 1.165) is 31.7 Å². The number of hydrogen-bond donors (Lipinski definition) is 2. The molecule has 3 N–H and O–H groups in total. The molecule has 3 heteroatoms. The summed E-state index contributed by atoms with van der Waals surface area (Å²) in [5.74, 6) is 0.975. The molecule has 94 valence electrons. The minimum atomic E-state index is 0.0859. The Labute approximate surface area is 103 Å². The SMILES string of the molecule is COc1ccc(C)cc1C1(CN)CCNCC1. The second kappa shape index (κ2) is 5.07. The second-order valence-corrected chi connectivity index (χ2v) is 4.94. The first-order valence-corrected chi connectivity index (χ1v) is 6.28. The normalized spacial score (nSPS) is 19.0. The molecule has 3 nitrogen and oxygen atoms in total. The molecule has 1 aromatic carbocycles. The Kier molecular flexibility index (Phi) is 3.69. The number of ether oxygens (including phenoxy) is 1. The lowest BCUT2D eigenvalue weighted by Crippen LogP contribution is -2.45. The summed E-state index contributed by atoms with van der Waals surface area (Å²) in [7, 11) is 1.74. The highest BCUT2D eigenvalue weighted by molar-refractivity contribution is 5.43. The molecule has 17 heavy (non-hydrogen) atoms. The van der Waals surface area contributed by atoms with Gasteiger partial charge in [0.25, 0.3) is 0 Å². The number of nitrogens with two attached hydrogens (primary N) is 1. The molecule has 0 amide bonds. The van der Waals surface area contributed by atoms with Crippen LogP contribution < -0.4 is 15.8 Å². The van der Waals surface area contributed by atoms with Crippen LogP contribution in [-0.4, -0.2) is 26.7 Å². The molecule has 0 radical (unpaired) electrons.